The molecule has 0 aromatic rings. The first-order valence-corrected chi connectivity index (χ1v) is 4.64. The van der Waals surface area contributed by atoms with E-state index in [-0.39, 0.29) is 5.78 Å². The van der Waals surface area contributed by atoms with Crippen LogP contribution in [-0.4, -0.2) is 24.8 Å². The van der Waals surface area contributed by atoms with Crippen molar-refractivity contribution in [1.29, 1.82) is 0 Å². The molecule has 0 saturated heterocycles. The summed E-state index contributed by atoms with van der Waals surface area (Å²) < 4.78 is 0. The highest BCUT2D eigenvalue weighted by Gasteiger charge is 1.88. The molecule has 0 bridgehead atoms. The Morgan fingerprint density at radius 3 is 2.00 bits per heavy atom. The number of rotatable bonds is 4. The Kier molecular flexibility index (Phi) is 5.61. The summed E-state index contributed by atoms with van der Waals surface area (Å²) in [5.41, 5.74) is 2.25. The number of nitrogens with zero attached hydrogens (tertiary/aromatic N) is 1. The summed E-state index contributed by atoms with van der Waals surface area (Å²) in [6.07, 6.45) is 7.42. The Morgan fingerprint density at radius 1 is 1.00 bits per heavy atom. The molecule has 0 aromatic carbocycles. The van der Waals surface area contributed by atoms with E-state index in [0.717, 1.165) is 5.57 Å². The van der Waals surface area contributed by atoms with Crippen LogP contribution >= 0.6 is 0 Å². The van der Waals surface area contributed by atoms with Crippen LogP contribution in [0, 0.1) is 0 Å². The lowest BCUT2D eigenvalue weighted by Crippen LogP contribution is -2.07. The van der Waals surface area contributed by atoms with Gasteiger partial charge in [-0.25, -0.2) is 0 Å². The van der Waals surface area contributed by atoms with E-state index in [4.69, 9.17) is 0 Å². The Hall–Kier alpha value is -1.31. The highest BCUT2D eigenvalue weighted by Crippen LogP contribution is 2.00. The van der Waals surface area contributed by atoms with Gasteiger partial charge in [0.2, 0.25) is 0 Å². The fourth-order valence-corrected chi connectivity index (χ4v) is 0.705. The Morgan fingerprint density at radius 2 is 1.57 bits per heavy atom. The molecule has 0 atom stereocenters. The minimum Gasteiger partial charge on any atom is -0.381 e. The van der Waals surface area contributed by atoms with E-state index >= 15 is 0 Å². The van der Waals surface area contributed by atoms with Crippen molar-refractivity contribution in [2.75, 3.05) is 14.1 Å². The van der Waals surface area contributed by atoms with Crippen LogP contribution in [0.4, 0.5) is 0 Å². The van der Waals surface area contributed by atoms with Crippen molar-refractivity contribution in [1.82, 2.24) is 4.90 Å². The minimum atomic E-state index is 0.0751. The molecule has 78 valence electrons. The molecule has 0 heterocycles. The summed E-state index contributed by atoms with van der Waals surface area (Å²) in [5.74, 6) is 0.0751. The van der Waals surface area contributed by atoms with Gasteiger partial charge in [0.15, 0.2) is 5.78 Å². The van der Waals surface area contributed by atoms with Crippen LogP contribution in [0.25, 0.3) is 0 Å². The molecule has 14 heavy (non-hydrogen) atoms. The SMILES string of the molecule is CC(=O)C=CC(C)=CC=C(C)N(C)C. The first kappa shape index (κ1) is 12.7. The van der Waals surface area contributed by atoms with Crippen LogP contribution in [-0.2, 0) is 4.79 Å². The third-order valence-electron chi connectivity index (χ3n) is 1.87. The Labute approximate surface area is 86.6 Å². The molecule has 0 radical (unpaired) electrons. The maximum atomic E-state index is 10.7. The van der Waals surface area contributed by atoms with Gasteiger partial charge in [0.25, 0.3) is 0 Å². The van der Waals surface area contributed by atoms with Crippen LogP contribution in [0.15, 0.2) is 35.6 Å². The molecule has 0 spiro atoms. The van der Waals surface area contributed by atoms with Gasteiger partial charge in [-0.1, -0.05) is 17.7 Å². The molecule has 0 aliphatic carbocycles. The zero-order valence-electron chi connectivity index (χ0n) is 9.66. The van der Waals surface area contributed by atoms with Crippen LogP contribution < -0.4 is 0 Å². The second-order valence-corrected chi connectivity index (χ2v) is 3.56. The largest absolute Gasteiger partial charge is 0.381 e. The molecule has 0 rings (SSSR count). The van der Waals surface area contributed by atoms with Crippen LogP contribution in [0.2, 0.25) is 0 Å². The van der Waals surface area contributed by atoms with Gasteiger partial charge in [-0.3, -0.25) is 4.79 Å². The molecule has 0 unspecified atom stereocenters. The van der Waals surface area contributed by atoms with Crippen molar-refractivity contribution >= 4 is 5.78 Å². The summed E-state index contributed by atoms with van der Waals surface area (Å²) in [6.45, 7) is 5.56. The summed E-state index contributed by atoms with van der Waals surface area (Å²) in [5, 5.41) is 0. The van der Waals surface area contributed by atoms with E-state index in [9.17, 15) is 4.79 Å². The van der Waals surface area contributed by atoms with Crippen molar-refractivity contribution in [3.63, 3.8) is 0 Å². The third-order valence-corrected chi connectivity index (χ3v) is 1.87. The lowest BCUT2D eigenvalue weighted by Gasteiger charge is -2.11. The van der Waals surface area contributed by atoms with Crippen molar-refractivity contribution in [3.8, 4) is 0 Å². The summed E-state index contributed by atoms with van der Waals surface area (Å²) in [7, 11) is 4.00. The first-order valence-electron chi connectivity index (χ1n) is 4.64. The van der Waals surface area contributed by atoms with Gasteiger partial charge in [0.1, 0.15) is 0 Å². The first-order chi connectivity index (χ1) is 6.43. The number of ketones is 1. The van der Waals surface area contributed by atoms with Crippen molar-refractivity contribution in [3.05, 3.63) is 35.6 Å². The average molecular weight is 193 g/mol. The molecule has 2 heteroatoms. The van der Waals surface area contributed by atoms with E-state index in [0.29, 0.717) is 0 Å². The second kappa shape index (κ2) is 6.19. The van der Waals surface area contributed by atoms with Gasteiger partial charge in [0, 0.05) is 19.8 Å². The maximum absolute atomic E-state index is 10.7. The monoisotopic (exact) mass is 193 g/mol. The van der Waals surface area contributed by atoms with Gasteiger partial charge in [-0.15, -0.1) is 0 Å². The predicted molar refractivity (Wildman–Crippen MR) is 61.0 cm³/mol. The smallest absolute Gasteiger partial charge is 0.152 e. The van der Waals surface area contributed by atoms with Crippen LogP contribution in [0.1, 0.15) is 20.8 Å². The molecule has 0 aliphatic heterocycles. The zero-order chi connectivity index (χ0) is 11.1. The van der Waals surface area contributed by atoms with Gasteiger partial charge in [-0.2, -0.15) is 0 Å². The molecule has 0 saturated carbocycles. The topological polar surface area (TPSA) is 20.3 Å². The third kappa shape index (κ3) is 6.23. The van der Waals surface area contributed by atoms with E-state index in [1.54, 1.807) is 13.0 Å². The van der Waals surface area contributed by atoms with Crippen molar-refractivity contribution in [2.24, 2.45) is 0 Å². The average Bonchev–Trinajstić information content (AvgIpc) is 2.10. The lowest BCUT2D eigenvalue weighted by atomic mass is 10.2. The number of carbonyl (C=O) groups is 1. The van der Waals surface area contributed by atoms with Gasteiger partial charge >= 0.3 is 0 Å². The summed E-state index contributed by atoms with van der Waals surface area (Å²) >= 11 is 0. The highest BCUT2D eigenvalue weighted by atomic mass is 16.1. The molecule has 0 amide bonds. The van der Waals surface area contributed by atoms with Crippen LogP contribution in [0.3, 0.4) is 0 Å². The fraction of sp³-hybridized carbons (Fsp3) is 0.417. The van der Waals surface area contributed by atoms with Crippen LogP contribution in [0.5, 0.6) is 0 Å². The molecule has 0 aliphatic rings. The molecule has 0 N–H and O–H groups in total. The molecular formula is C12H19NO. The molecule has 0 fully saturated rings. The standard InChI is InChI=1S/C12H19NO/c1-10(7-9-12(3)14)6-8-11(2)13(4)5/h6-9H,1-5H3. The van der Waals surface area contributed by atoms with E-state index in [1.807, 2.05) is 51.1 Å². The van der Waals surface area contributed by atoms with Crippen molar-refractivity contribution < 1.29 is 4.79 Å². The highest BCUT2D eigenvalue weighted by molar-refractivity contribution is 5.87. The maximum Gasteiger partial charge on any atom is 0.152 e. The normalized spacial score (nSPS) is 13.5. The number of hydrogen-bond acceptors (Lipinski definition) is 2. The van der Waals surface area contributed by atoms with E-state index in [2.05, 4.69) is 0 Å². The molecule has 0 aromatic heterocycles. The van der Waals surface area contributed by atoms with Gasteiger partial charge in [-0.05, 0) is 32.9 Å². The predicted octanol–water partition coefficient (Wildman–Crippen LogP) is 2.54. The van der Waals surface area contributed by atoms with E-state index < -0.39 is 0 Å². The van der Waals surface area contributed by atoms with Gasteiger partial charge < -0.3 is 4.90 Å². The summed E-state index contributed by atoms with van der Waals surface area (Å²) in [6, 6.07) is 0. The zero-order valence-corrected chi connectivity index (χ0v) is 9.66. The number of carbonyl (C=O) groups excluding carboxylic acids is 1. The molecular weight excluding hydrogens is 174 g/mol. The number of hydrogen-bond donors (Lipinski definition) is 0. The Bertz CT molecular complexity index is 283. The quantitative estimate of drug-likeness (QED) is 0.505. The second-order valence-electron chi connectivity index (χ2n) is 3.56. The number of allylic oxidation sites excluding steroid dienone is 6. The fourth-order valence-electron chi connectivity index (χ4n) is 0.705. The molecule has 2 nitrogen and oxygen atoms in total. The van der Waals surface area contributed by atoms with Gasteiger partial charge in [0.05, 0.1) is 0 Å². The minimum absolute atomic E-state index is 0.0751. The Balaban J connectivity index is 4.39. The summed E-state index contributed by atoms with van der Waals surface area (Å²) in [4.78, 5) is 12.7. The van der Waals surface area contributed by atoms with Crippen molar-refractivity contribution in [2.45, 2.75) is 20.8 Å². The van der Waals surface area contributed by atoms with E-state index in [1.165, 1.54) is 5.70 Å². The lowest BCUT2D eigenvalue weighted by molar-refractivity contribution is -0.112.